The van der Waals surface area contributed by atoms with E-state index < -0.39 is 16.7 Å². The van der Waals surface area contributed by atoms with E-state index >= 15 is 0 Å². The summed E-state index contributed by atoms with van der Waals surface area (Å²) in [5, 5.41) is 13.2. The molecule has 1 aromatic carbocycles. The Morgan fingerprint density at radius 3 is 2.45 bits per heavy atom. The number of hydrogen-bond acceptors (Lipinski definition) is 4. The molecule has 108 valence electrons. The lowest BCUT2D eigenvalue weighted by Crippen LogP contribution is -2.30. The van der Waals surface area contributed by atoms with Crippen LogP contribution in [-0.4, -0.2) is 16.6 Å². The van der Waals surface area contributed by atoms with E-state index in [4.69, 9.17) is 0 Å². The van der Waals surface area contributed by atoms with Crippen molar-refractivity contribution in [3.8, 4) is 0 Å². The highest BCUT2D eigenvalue weighted by molar-refractivity contribution is 7.15. The van der Waals surface area contributed by atoms with Crippen LogP contribution in [0.1, 0.15) is 17.4 Å². The Bertz CT molecular complexity index is 566. The van der Waals surface area contributed by atoms with Crippen molar-refractivity contribution in [3.63, 3.8) is 0 Å². The maximum absolute atomic E-state index is 12.4. The molecule has 0 saturated heterocycles. The number of benzene rings is 1. The van der Waals surface area contributed by atoms with Crippen molar-refractivity contribution >= 4 is 16.5 Å². The highest BCUT2D eigenvalue weighted by Crippen LogP contribution is 2.35. The topological polar surface area (TPSA) is 45.1 Å². The van der Waals surface area contributed by atoms with Crippen LogP contribution >= 0.6 is 11.3 Å². The average Bonchev–Trinajstić information content (AvgIpc) is 2.86. The molecule has 0 aliphatic carbocycles. The number of aromatic nitrogens is 1. The third-order valence-corrected chi connectivity index (χ3v) is 3.76. The molecule has 1 heterocycles. The van der Waals surface area contributed by atoms with Gasteiger partial charge in [-0.2, -0.15) is 13.2 Å². The maximum Gasteiger partial charge on any atom is 0.427 e. The molecule has 0 spiro atoms. The van der Waals surface area contributed by atoms with Crippen molar-refractivity contribution in [3.05, 3.63) is 47.0 Å². The first kappa shape index (κ1) is 14.8. The summed E-state index contributed by atoms with van der Waals surface area (Å²) in [5.41, 5.74) is -0.509. The van der Waals surface area contributed by atoms with E-state index in [1.54, 1.807) is 31.2 Å². The van der Waals surface area contributed by atoms with Crippen molar-refractivity contribution in [2.45, 2.75) is 18.7 Å². The minimum Gasteiger partial charge on any atom is -0.384 e. The van der Waals surface area contributed by atoms with E-state index in [1.165, 1.54) is 0 Å². The van der Waals surface area contributed by atoms with Crippen LogP contribution in [0.25, 0.3) is 0 Å². The molecule has 3 nitrogen and oxygen atoms in total. The molecule has 0 saturated carbocycles. The van der Waals surface area contributed by atoms with Crippen molar-refractivity contribution in [1.82, 2.24) is 4.98 Å². The normalized spacial score (nSPS) is 14.8. The molecule has 0 radical (unpaired) electrons. The zero-order valence-electron chi connectivity index (χ0n) is 10.6. The third-order valence-electron chi connectivity index (χ3n) is 2.76. The molecule has 20 heavy (non-hydrogen) atoms. The summed E-state index contributed by atoms with van der Waals surface area (Å²) in [6, 6.07) is 8.91. The quantitative estimate of drug-likeness (QED) is 0.909. The highest BCUT2D eigenvalue weighted by atomic mass is 32.1. The number of rotatable bonds is 4. The number of nitrogens with one attached hydrogen (secondary N) is 1. The standard InChI is InChI=1S/C13H13F3N2OS/c1-12(19,9-5-3-2-4-6-9)8-18-11-17-7-10(20-11)13(14,15)16/h2-7,19H,8H2,1H3,(H,17,18). The minimum absolute atomic E-state index is 0.0713. The second kappa shape index (κ2) is 5.41. The van der Waals surface area contributed by atoms with Crippen LogP contribution in [0.2, 0.25) is 0 Å². The number of thiazole rings is 1. The first-order valence-electron chi connectivity index (χ1n) is 5.84. The SMILES string of the molecule is CC(O)(CNc1ncc(C(F)(F)F)s1)c1ccccc1. The van der Waals surface area contributed by atoms with Gasteiger partial charge in [-0.15, -0.1) is 0 Å². The van der Waals surface area contributed by atoms with Gasteiger partial charge >= 0.3 is 6.18 Å². The summed E-state index contributed by atoms with van der Waals surface area (Å²) < 4.78 is 37.3. The molecule has 7 heteroatoms. The van der Waals surface area contributed by atoms with E-state index in [1.807, 2.05) is 6.07 Å². The van der Waals surface area contributed by atoms with Crippen LogP contribution in [-0.2, 0) is 11.8 Å². The van der Waals surface area contributed by atoms with E-state index in [2.05, 4.69) is 10.3 Å². The van der Waals surface area contributed by atoms with Gasteiger partial charge in [0, 0.05) is 6.54 Å². The van der Waals surface area contributed by atoms with Crippen LogP contribution in [0, 0.1) is 0 Å². The average molecular weight is 302 g/mol. The molecule has 0 fully saturated rings. The van der Waals surface area contributed by atoms with Crippen LogP contribution in [0.15, 0.2) is 36.5 Å². The number of hydrogen-bond donors (Lipinski definition) is 2. The van der Waals surface area contributed by atoms with Crippen LogP contribution in [0.3, 0.4) is 0 Å². The van der Waals surface area contributed by atoms with Gasteiger partial charge < -0.3 is 10.4 Å². The molecule has 0 aliphatic heterocycles. The predicted molar refractivity (Wildman–Crippen MR) is 71.6 cm³/mol. The molecule has 1 unspecified atom stereocenters. The molecule has 1 atom stereocenters. The smallest absolute Gasteiger partial charge is 0.384 e. The molecule has 1 aromatic heterocycles. The highest BCUT2D eigenvalue weighted by Gasteiger charge is 2.33. The molecule has 0 amide bonds. The zero-order chi connectivity index (χ0) is 14.8. The summed E-state index contributed by atoms with van der Waals surface area (Å²) in [6.07, 6.45) is -3.61. The molecular formula is C13H13F3N2OS. The second-order valence-electron chi connectivity index (χ2n) is 4.52. The largest absolute Gasteiger partial charge is 0.427 e. The number of alkyl halides is 3. The van der Waals surface area contributed by atoms with Gasteiger partial charge in [0.25, 0.3) is 0 Å². The molecular weight excluding hydrogens is 289 g/mol. The van der Waals surface area contributed by atoms with E-state index in [9.17, 15) is 18.3 Å². The van der Waals surface area contributed by atoms with E-state index in [0.29, 0.717) is 16.9 Å². The zero-order valence-corrected chi connectivity index (χ0v) is 11.4. The van der Waals surface area contributed by atoms with Gasteiger partial charge in [-0.3, -0.25) is 0 Å². The van der Waals surface area contributed by atoms with Crippen molar-refractivity contribution in [1.29, 1.82) is 0 Å². The lowest BCUT2D eigenvalue weighted by Gasteiger charge is -2.24. The number of aliphatic hydroxyl groups is 1. The van der Waals surface area contributed by atoms with Gasteiger partial charge in [0.1, 0.15) is 10.5 Å². The lowest BCUT2D eigenvalue weighted by molar-refractivity contribution is -0.134. The molecule has 2 N–H and O–H groups in total. The molecule has 2 aromatic rings. The first-order valence-corrected chi connectivity index (χ1v) is 6.65. The Morgan fingerprint density at radius 2 is 1.90 bits per heavy atom. The van der Waals surface area contributed by atoms with E-state index in [0.717, 1.165) is 6.20 Å². The fraction of sp³-hybridized carbons (Fsp3) is 0.308. The lowest BCUT2D eigenvalue weighted by atomic mass is 9.96. The third kappa shape index (κ3) is 3.49. The Hall–Kier alpha value is -1.60. The number of nitrogens with zero attached hydrogens (tertiary/aromatic N) is 1. The van der Waals surface area contributed by atoms with Gasteiger partial charge in [-0.25, -0.2) is 4.98 Å². The van der Waals surface area contributed by atoms with Gasteiger partial charge in [0.05, 0.1) is 6.20 Å². The monoisotopic (exact) mass is 302 g/mol. The van der Waals surface area contributed by atoms with Gasteiger partial charge in [-0.1, -0.05) is 41.7 Å². The van der Waals surface area contributed by atoms with Crippen molar-refractivity contribution < 1.29 is 18.3 Å². The fourth-order valence-electron chi connectivity index (χ4n) is 1.63. The van der Waals surface area contributed by atoms with Crippen LogP contribution in [0.5, 0.6) is 0 Å². The number of anilines is 1. The van der Waals surface area contributed by atoms with Crippen LogP contribution in [0.4, 0.5) is 18.3 Å². The molecule has 0 aliphatic rings. The van der Waals surface area contributed by atoms with Crippen molar-refractivity contribution in [2.24, 2.45) is 0 Å². The maximum atomic E-state index is 12.4. The molecule has 0 bridgehead atoms. The summed E-state index contributed by atoms with van der Waals surface area (Å²) in [5.74, 6) is 0. The Labute approximate surface area is 118 Å². The summed E-state index contributed by atoms with van der Waals surface area (Å²) in [4.78, 5) is 2.89. The van der Waals surface area contributed by atoms with Crippen LogP contribution < -0.4 is 5.32 Å². The minimum atomic E-state index is -4.39. The van der Waals surface area contributed by atoms with Crippen molar-refractivity contribution in [2.75, 3.05) is 11.9 Å². The summed E-state index contributed by atoms with van der Waals surface area (Å²) in [7, 11) is 0. The molecule has 2 rings (SSSR count). The Balaban J connectivity index is 2.03. The Kier molecular flexibility index (Phi) is 4.01. The fourth-order valence-corrected chi connectivity index (χ4v) is 2.31. The predicted octanol–water partition coefficient (Wildman–Crippen LogP) is 3.48. The summed E-state index contributed by atoms with van der Waals surface area (Å²) in [6.45, 7) is 1.66. The number of halogens is 3. The summed E-state index contributed by atoms with van der Waals surface area (Å²) >= 11 is 0.517. The first-order chi connectivity index (χ1) is 9.29. The Morgan fingerprint density at radius 1 is 1.25 bits per heavy atom. The van der Waals surface area contributed by atoms with E-state index in [-0.39, 0.29) is 11.7 Å². The van der Waals surface area contributed by atoms with Gasteiger partial charge in [-0.05, 0) is 12.5 Å². The van der Waals surface area contributed by atoms with Gasteiger partial charge in [0.2, 0.25) is 0 Å². The second-order valence-corrected chi connectivity index (χ2v) is 5.55. The van der Waals surface area contributed by atoms with Gasteiger partial charge in [0.15, 0.2) is 5.13 Å².